The third-order valence-corrected chi connectivity index (χ3v) is 16.3. The van der Waals surface area contributed by atoms with Crippen LogP contribution in [0.3, 0.4) is 0 Å². The Labute approximate surface area is 453 Å². The summed E-state index contributed by atoms with van der Waals surface area (Å²) in [6.07, 6.45) is -11.1. The van der Waals surface area contributed by atoms with Crippen LogP contribution in [-0.4, -0.2) is 144 Å². The number of nitrogens with one attached hydrogen (secondary N) is 2. The molecule has 422 valence electrons. The predicted octanol–water partition coefficient (Wildman–Crippen LogP) is 2.22. The van der Waals surface area contributed by atoms with Crippen LogP contribution >= 0.6 is 0 Å². The number of aryl methyl sites for hydroxylation is 1. The molecular formula is C57H65N3O19. The van der Waals surface area contributed by atoms with Crippen LogP contribution in [0, 0.1) is 23.7 Å². The monoisotopic (exact) mass is 1100 g/mol. The van der Waals surface area contributed by atoms with Crippen molar-refractivity contribution in [2.45, 2.75) is 140 Å². The van der Waals surface area contributed by atoms with Crippen molar-refractivity contribution in [1.82, 2.24) is 14.9 Å². The van der Waals surface area contributed by atoms with E-state index in [2.05, 4.69) is 10.3 Å². The number of fused-ring (bicyclic) bond motifs is 5. The van der Waals surface area contributed by atoms with E-state index in [9.17, 15) is 54.0 Å². The summed E-state index contributed by atoms with van der Waals surface area (Å²) < 4.78 is 36.8. The first-order valence-electron chi connectivity index (χ1n) is 25.8. The second-order valence-corrected chi connectivity index (χ2v) is 21.4. The summed E-state index contributed by atoms with van der Waals surface area (Å²) >= 11 is 0. The van der Waals surface area contributed by atoms with Gasteiger partial charge in [-0.25, -0.2) is 14.4 Å². The maximum atomic E-state index is 15.5. The molecule has 1 amide bonds. The molecule has 1 aromatic heterocycles. The van der Waals surface area contributed by atoms with Gasteiger partial charge in [-0.05, 0) is 61.7 Å². The fourth-order valence-electron chi connectivity index (χ4n) is 12.0. The van der Waals surface area contributed by atoms with E-state index in [0.29, 0.717) is 11.1 Å². The highest BCUT2D eigenvalue weighted by Gasteiger charge is 2.78. The molecule has 9 rings (SSSR count). The zero-order chi connectivity index (χ0) is 57.5. The Morgan fingerprint density at radius 1 is 0.835 bits per heavy atom. The number of aliphatic hydroxyl groups excluding tert-OH is 4. The van der Waals surface area contributed by atoms with Gasteiger partial charge in [-0.15, -0.1) is 0 Å². The van der Waals surface area contributed by atoms with E-state index in [1.54, 1.807) is 99.6 Å². The number of amides is 1. The molecule has 2 saturated carbocycles. The number of benzene rings is 3. The number of aromatic amines is 1. The number of nitrogens with zero attached hydrogens (tertiary/aromatic N) is 1. The molecule has 2 aliphatic heterocycles. The van der Waals surface area contributed by atoms with Crippen LogP contribution in [0.2, 0.25) is 0 Å². The summed E-state index contributed by atoms with van der Waals surface area (Å²) in [5.74, 6) is -6.84. The number of aliphatic hydroxyl groups is 5. The van der Waals surface area contributed by atoms with Gasteiger partial charge in [0.1, 0.15) is 36.2 Å². The predicted molar refractivity (Wildman–Crippen MR) is 275 cm³/mol. The molecule has 2 bridgehead atoms. The van der Waals surface area contributed by atoms with Gasteiger partial charge in [0.2, 0.25) is 0 Å². The largest absolute Gasteiger partial charge is 0.456 e. The lowest BCUT2D eigenvalue weighted by atomic mass is 9.44. The zero-order valence-electron chi connectivity index (χ0n) is 44.5. The van der Waals surface area contributed by atoms with Crippen LogP contribution < -0.4 is 16.6 Å². The van der Waals surface area contributed by atoms with Gasteiger partial charge in [-0.2, -0.15) is 0 Å². The Kier molecular flexibility index (Phi) is 16.5. The van der Waals surface area contributed by atoms with Gasteiger partial charge in [0.25, 0.3) is 11.5 Å². The van der Waals surface area contributed by atoms with Crippen LogP contribution in [0.5, 0.6) is 0 Å². The Bertz CT molecular complexity index is 3130. The van der Waals surface area contributed by atoms with Crippen LogP contribution in [0.4, 0.5) is 0 Å². The van der Waals surface area contributed by atoms with E-state index in [4.69, 9.17) is 33.5 Å². The minimum absolute atomic E-state index is 0.00289. The first kappa shape index (κ1) is 58.0. The molecule has 4 fully saturated rings. The molecule has 3 aliphatic carbocycles. The van der Waals surface area contributed by atoms with Crippen LogP contribution in [0.15, 0.2) is 118 Å². The van der Waals surface area contributed by atoms with Crippen molar-refractivity contribution in [3.05, 3.63) is 151 Å². The average molecular weight is 1100 g/mol. The highest BCUT2D eigenvalue weighted by atomic mass is 16.6. The minimum atomic E-state index is -2.39. The third-order valence-electron chi connectivity index (χ3n) is 16.3. The summed E-state index contributed by atoms with van der Waals surface area (Å²) in [5.41, 5.74) is -7.66. The first-order valence-corrected chi connectivity index (χ1v) is 25.8. The summed E-state index contributed by atoms with van der Waals surface area (Å²) in [6.45, 7) is 9.24. The summed E-state index contributed by atoms with van der Waals surface area (Å²) in [6, 6.07) is 22.9. The standard InChI is InChI=1S/C47H51NO14.C10H14N2O5/c1-25-31(60-43(56)36(52)35(28-16-10-7-11-17-28)48-41(54)29-18-12-8-13-19-29)23-47(57)40(61-42(55)30-20-14-9-15-21-30)38-45(6,32(51)22-33-46(38,24-58-33)62-27(3)50)39(53)37(59-26(2)49)34(25)44(47,4)5;1-5-3-12(10(16)11-9(5)15)8-2-6(14)7(4-13)17-8/h7-21,31-33,35-38,40,51-52,57H,22-24H2,1-6H3,(H,48,54);3,6-8,13-14H,2,4H2,1H3,(H,11,15,16)/t31-,32-,33+,35-,36+,37+,38-,40-,45+,46-,47+;6-,7+,8+/m00/s1. The number of ketones is 1. The van der Waals surface area contributed by atoms with E-state index < -0.39 is 142 Å². The normalized spacial score (nSPS) is 31.1. The highest BCUT2D eigenvalue weighted by Crippen LogP contribution is 2.64. The second kappa shape index (κ2) is 22.5. The SMILES string of the molecule is CC(=O)O[C@H]1C(=O)[C@@]2(C)[C@H]([C@H](OC(=O)c3ccccc3)[C@]3(O)C[C@H](OC(=O)[C@H](O)[C@@H](NC(=O)c4ccccc4)c4ccccc4)C(C)=C1C3(C)C)[C@]1(OC(C)=O)CO[C@@H]1C[C@@H]2O.Cc1cn([C@H]2C[C@H](O)[C@@H](CO)O2)c(=O)[nH]c1=O. The Balaban J connectivity index is 0.000000410. The molecule has 79 heavy (non-hydrogen) atoms. The Morgan fingerprint density at radius 2 is 1.44 bits per heavy atom. The van der Waals surface area contributed by atoms with Gasteiger partial charge in [0.15, 0.2) is 23.6 Å². The van der Waals surface area contributed by atoms with Gasteiger partial charge < -0.3 is 59.3 Å². The fraction of sp³-hybridized carbons (Fsp3) is 0.474. The Hall–Kier alpha value is -7.18. The van der Waals surface area contributed by atoms with Crippen molar-refractivity contribution >= 4 is 35.6 Å². The van der Waals surface area contributed by atoms with Crippen LogP contribution in [0.1, 0.15) is 105 Å². The number of ether oxygens (including phenoxy) is 6. The quantitative estimate of drug-likeness (QED) is 0.0608. The molecule has 2 saturated heterocycles. The number of hydrogen-bond acceptors (Lipinski definition) is 19. The number of H-pyrrole nitrogens is 1. The maximum Gasteiger partial charge on any atom is 0.338 e. The number of carbonyl (C=O) groups excluding carboxylic acids is 6. The van der Waals surface area contributed by atoms with Crippen molar-refractivity contribution in [3.63, 3.8) is 0 Å². The number of rotatable bonds is 12. The molecule has 4 aromatic rings. The number of hydrogen-bond donors (Lipinski definition) is 7. The van der Waals surface area contributed by atoms with Crippen molar-refractivity contribution < 1.29 is 82.7 Å². The summed E-state index contributed by atoms with van der Waals surface area (Å²) in [7, 11) is 0. The zero-order valence-corrected chi connectivity index (χ0v) is 44.5. The molecule has 7 N–H and O–H groups in total. The van der Waals surface area contributed by atoms with Crippen molar-refractivity contribution in [2.24, 2.45) is 16.7 Å². The van der Waals surface area contributed by atoms with Crippen molar-refractivity contribution in [1.29, 1.82) is 0 Å². The smallest absolute Gasteiger partial charge is 0.338 e. The molecule has 14 atom stereocenters. The molecule has 3 heterocycles. The number of carbonyl (C=O) groups is 6. The fourth-order valence-corrected chi connectivity index (χ4v) is 12.0. The first-order chi connectivity index (χ1) is 37.3. The van der Waals surface area contributed by atoms with Gasteiger partial charge in [0.05, 0.1) is 48.4 Å². The van der Waals surface area contributed by atoms with Gasteiger partial charge in [-0.1, -0.05) is 80.6 Å². The number of aromatic nitrogens is 2. The van der Waals surface area contributed by atoms with Crippen LogP contribution in [-0.2, 0) is 47.6 Å². The molecule has 0 radical (unpaired) electrons. The molecule has 0 spiro atoms. The second-order valence-electron chi connectivity index (χ2n) is 21.4. The molecule has 22 nitrogen and oxygen atoms in total. The van der Waals surface area contributed by atoms with Gasteiger partial charge in [-0.3, -0.25) is 33.5 Å². The van der Waals surface area contributed by atoms with E-state index in [1.807, 2.05) is 0 Å². The third kappa shape index (κ3) is 10.6. The lowest BCUT2D eigenvalue weighted by Gasteiger charge is -2.67. The summed E-state index contributed by atoms with van der Waals surface area (Å²) in [5, 5.41) is 58.7. The van der Waals surface area contributed by atoms with Gasteiger partial charge in [0, 0.05) is 55.8 Å². The van der Waals surface area contributed by atoms with E-state index in [0.717, 1.165) is 13.8 Å². The van der Waals surface area contributed by atoms with Crippen LogP contribution in [0.25, 0.3) is 0 Å². The van der Waals surface area contributed by atoms with E-state index >= 15 is 4.79 Å². The lowest BCUT2D eigenvalue weighted by Crippen LogP contribution is -2.82. The topological polar surface area (TPSA) is 326 Å². The number of esters is 4. The van der Waals surface area contributed by atoms with Crippen molar-refractivity contribution in [3.8, 4) is 0 Å². The van der Waals surface area contributed by atoms with Crippen molar-refractivity contribution in [2.75, 3.05) is 13.2 Å². The molecule has 5 aliphatic rings. The Morgan fingerprint density at radius 3 is 2.00 bits per heavy atom. The molecule has 22 heteroatoms. The maximum absolute atomic E-state index is 15.5. The van der Waals surface area contributed by atoms with E-state index in [-0.39, 0.29) is 48.3 Å². The highest BCUT2D eigenvalue weighted by molar-refractivity contribution is 5.96. The average Bonchev–Trinajstić information content (AvgIpc) is 2.72. The lowest BCUT2D eigenvalue weighted by molar-refractivity contribution is -0.346. The van der Waals surface area contributed by atoms with Gasteiger partial charge >= 0.3 is 29.6 Å². The minimum Gasteiger partial charge on any atom is -0.456 e. The summed E-state index contributed by atoms with van der Waals surface area (Å²) in [4.78, 5) is 108. The molecule has 3 aromatic carbocycles. The molecular weight excluding hydrogens is 1030 g/mol. The number of Topliss-reactive ketones (excluding diaryl/α,β-unsaturated/α-hetero) is 1. The van der Waals surface area contributed by atoms with E-state index in [1.165, 1.54) is 36.7 Å². The molecule has 0 unspecified atom stereocenters.